The number of hydrogen-bond acceptors (Lipinski definition) is 4. The van der Waals surface area contributed by atoms with Crippen LogP contribution in [-0.4, -0.2) is 25.6 Å². The van der Waals surface area contributed by atoms with Crippen molar-refractivity contribution in [1.82, 2.24) is 14.5 Å². The fourth-order valence-corrected chi connectivity index (χ4v) is 3.95. The predicted molar refractivity (Wildman–Crippen MR) is 124 cm³/mol. The van der Waals surface area contributed by atoms with Crippen LogP contribution in [0.25, 0.3) is 11.2 Å². The molecule has 0 aliphatic heterocycles. The van der Waals surface area contributed by atoms with Crippen LogP contribution < -0.4 is 4.74 Å². The number of nitrogens with zero attached hydrogens (tertiary/aromatic N) is 3. The van der Waals surface area contributed by atoms with Gasteiger partial charge in [-0.25, -0.2) is 14.8 Å². The minimum Gasteiger partial charge on any atom is -0.478 e. The van der Waals surface area contributed by atoms with Crippen molar-refractivity contribution in [1.29, 1.82) is 0 Å². The maximum Gasteiger partial charge on any atom is 0.349 e. The van der Waals surface area contributed by atoms with Gasteiger partial charge in [-0.3, -0.25) is 0 Å². The average Bonchev–Trinajstić information content (AvgIpc) is 3.12. The molecule has 164 valence electrons. The molecule has 7 heteroatoms. The van der Waals surface area contributed by atoms with Gasteiger partial charge in [0.1, 0.15) is 17.1 Å². The third-order valence-corrected chi connectivity index (χ3v) is 5.59. The van der Waals surface area contributed by atoms with Crippen molar-refractivity contribution < 1.29 is 14.6 Å². The fourth-order valence-electron chi connectivity index (χ4n) is 3.70. The van der Waals surface area contributed by atoms with Crippen LogP contribution in [0.2, 0.25) is 5.02 Å². The summed E-state index contributed by atoms with van der Waals surface area (Å²) in [7, 11) is 0. The first kappa shape index (κ1) is 21.8. The molecule has 2 aromatic carbocycles. The highest BCUT2D eigenvalue weighted by Gasteiger charge is 2.23. The standard InChI is InChI=1S/C25H24ClN3O3/c1-3-7-21-28-22-16(2)12-13-27-24(22)29(21)15-17-10-11-20(19(26)14-17)32-23(25(30)31)18-8-5-4-6-9-18/h4-6,8-14,23H,3,7,15H2,1-2H3,(H,30,31). The van der Waals surface area contributed by atoms with Crippen LogP contribution in [-0.2, 0) is 17.8 Å². The van der Waals surface area contributed by atoms with Crippen LogP contribution >= 0.6 is 11.6 Å². The van der Waals surface area contributed by atoms with E-state index in [1.807, 2.05) is 25.1 Å². The molecule has 4 rings (SSSR count). The zero-order valence-electron chi connectivity index (χ0n) is 18.0. The summed E-state index contributed by atoms with van der Waals surface area (Å²) >= 11 is 6.49. The molecule has 0 aliphatic carbocycles. The highest BCUT2D eigenvalue weighted by molar-refractivity contribution is 6.32. The highest BCUT2D eigenvalue weighted by atomic mass is 35.5. The number of aryl methyl sites for hydroxylation is 2. The SMILES string of the molecule is CCCc1nc2c(C)ccnc2n1Cc1ccc(OC(C(=O)O)c2ccccc2)c(Cl)c1. The lowest BCUT2D eigenvalue weighted by Gasteiger charge is -2.17. The van der Waals surface area contributed by atoms with E-state index in [2.05, 4.69) is 16.5 Å². The van der Waals surface area contributed by atoms with Gasteiger partial charge in [0.25, 0.3) is 0 Å². The Bertz CT molecular complexity index is 1250. The topological polar surface area (TPSA) is 77.2 Å². The number of benzene rings is 2. The molecular weight excluding hydrogens is 426 g/mol. The van der Waals surface area contributed by atoms with Gasteiger partial charge >= 0.3 is 5.97 Å². The van der Waals surface area contributed by atoms with Gasteiger partial charge in [-0.1, -0.05) is 54.9 Å². The Balaban J connectivity index is 1.63. The number of aromatic nitrogens is 3. The molecule has 4 aromatic rings. The van der Waals surface area contributed by atoms with Gasteiger partial charge in [0.05, 0.1) is 11.6 Å². The Morgan fingerprint density at radius 1 is 1.19 bits per heavy atom. The molecule has 0 amide bonds. The molecule has 0 fully saturated rings. The largest absolute Gasteiger partial charge is 0.478 e. The second-order valence-corrected chi connectivity index (χ2v) is 8.08. The minimum absolute atomic E-state index is 0.324. The molecule has 2 aromatic heterocycles. The third kappa shape index (κ3) is 4.46. The van der Waals surface area contributed by atoms with E-state index in [4.69, 9.17) is 21.3 Å². The third-order valence-electron chi connectivity index (χ3n) is 5.30. The molecule has 32 heavy (non-hydrogen) atoms. The van der Waals surface area contributed by atoms with E-state index < -0.39 is 12.1 Å². The van der Waals surface area contributed by atoms with Crippen LogP contribution in [0.1, 0.15) is 42.0 Å². The Morgan fingerprint density at radius 2 is 1.97 bits per heavy atom. The Kier molecular flexibility index (Phi) is 6.42. The fraction of sp³-hybridized carbons (Fsp3) is 0.240. The number of carbonyl (C=O) groups is 1. The van der Waals surface area contributed by atoms with Gasteiger partial charge in [-0.15, -0.1) is 0 Å². The summed E-state index contributed by atoms with van der Waals surface area (Å²) in [6, 6.07) is 16.2. The summed E-state index contributed by atoms with van der Waals surface area (Å²) in [5.74, 6) is 0.229. The van der Waals surface area contributed by atoms with E-state index in [-0.39, 0.29) is 0 Å². The minimum atomic E-state index is -1.14. The lowest BCUT2D eigenvalue weighted by Crippen LogP contribution is -2.18. The number of aliphatic carboxylic acids is 1. The summed E-state index contributed by atoms with van der Waals surface area (Å²) in [5, 5.41) is 9.98. The van der Waals surface area contributed by atoms with Gasteiger partial charge in [0, 0.05) is 18.2 Å². The Morgan fingerprint density at radius 3 is 2.66 bits per heavy atom. The summed E-state index contributed by atoms with van der Waals surface area (Å²) in [5.41, 5.74) is 4.35. The summed E-state index contributed by atoms with van der Waals surface area (Å²) in [4.78, 5) is 21.1. The van der Waals surface area contributed by atoms with Gasteiger partial charge in [-0.2, -0.15) is 0 Å². The van der Waals surface area contributed by atoms with Gasteiger partial charge < -0.3 is 14.4 Å². The molecule has 0 spiro atoms. The zero-order valence-corrected chi connectivity index (χ0v) is 18.7. The van der Waals surface area contributed by atoms with Gasteiger partial charge in [-0.05, 0) is 42.7 Å². The van der Waals surface area contributed by atoms with Crippen molar-refractivity contribution in [3.05, 3.63) is 88.3 Å². The number of pyridine rings is 1. The Hall–Kier alpha value is -3.38. The van der Waals surface area contributed by atoms with Crippen LogP contribution in [0.5, 0.6) is 5.75 Å². The van der Waals surface area contributed by atoms with Crippen molar-refractivity contribution >= 4 is 28.7 Å². The second kappa shape index (κ2) is 9.40. The maximum atomic E-state index is 11.8. The van der Waals surface area contributed by atoms with Gasteiger partial charge in [0.2, 0.25) is 6.10 Å². The molecule has 0 saturated carbocycles. The van der Waals surface area contributed by atoms with Crippen molar-refractivity contribution in [3.8, 4) is 5.75 Å². The Labute approximate surface area is 191 Å². The monoisotopic (exact) mass is 449 g/mol. The number of carboxylic acid groups (broad SMARTS) is 1. The van der Waals surface area contributed by atoms with Crippen LogP contribution in [0.3, 0.4) is 0 Å². The zero-order chi connectivity index (χ0) is 22.7. The van der Waals surface area contributed by atoms with Gasteiger partial charge in [0.15, 0.2) is 5.65 Å². The summed E-state index contributed by atoms with van der Waals surface area (Å²) < 4.78 is 7.88. The van der Waals surface area contributed by atoms with E-state index >= 15 is 0 Å². The molecule has 6 nitrogen and oxygen atoms in total. The number of carboxylic acids is 1. The number of imidazole rings is 1. The number of ether oxygens (including phenoxy) is 1. The van der Waals surface area contributed by atoms with Crippen molar-refractivity contribution in [2.45, 2.75) is 39.3 Å². The average molecular weight is 450 g/mol. The molecular formula is C25H24ClN3O3. The first-order valence-electron chi connectivity index (χ1n) is 10.5. The normalized spacial score (nSPS) is 12.1. The van der Waals surface area contributed by atoms with E-state index in [1.54, 1.807) is 42.6 Å². The highest BCUT2D eigenvalue weighted by Crippen LogP contribution is 2.31. The van der Waals surface area contributed by atoms with Crippen molar-refractivity contribution in [2.24, 2.45) is 0 Å². The van der Waals surface area contributed by atoms with E-state index in [0.29, 0.717) is 22.9 Å². The summed E-state index contributed by atoms with van der Waals surface area (Å²) in [6.45, 7) is 4.72. The molecule has 0 radical (unpaired) electrons. The van der Waals surface area contributed by atoms with Crippen LogP contribution in [0.15, 0.2) is 60.8 Å². The lowest BCUT2D eigenvalue weighted by molar-refractivity contribution is -0.145. The second-order valence-electron chi connectivity index (χ2n) is 7.68. The van der Waals surface area contributed by atoms with E-state index in [9.17, 15) is 9.90 Å². The lowest BCUT2D eigenvalue weighted by atomic mass is 10.1. The van der Waals surface area contributed by atoms with Crippen molar-refractivity contribution in [3.63, 3.8) is 0 Å². The first-order chi connectivity index (χ1) is 15.5. The molecule has 0 aliphatic rings. The molecule has 1 unspecified atom stereocenters. The molecule has 2 heterocycles. The maximum absolute atomic E-state index is 11.8. The summed E-state index contributed by atoms with van der Waals surface area (Å²) in [6.07, 6.45) is 2.49. The number of fused-ring (bicyclic) bond motifs is 1. The molecule has 0 bridgehead atoms. The number of halogens is 1. The van der Waals surface area contributed by atoms with E-state index in [1.165, 1.54) is 0 Å². The molecule has 1 atom stereocenters. The number of hydrogen-bond donors (Lipinski definition) is 1. The molecule has 0 saturated heterocycles. The van der Waals surface area contributed by atoms with E-state index in [0.717, 1.165) is 41.0 Å². The number of rotatable bonds is 8. The van der Waals surface area contributed by atoms with Crippen molar-refractivity contribution in [2.75, 3.05) is 0 Å². The van der Waals surface area contributed by atoms with Crippen LogP contribution in [0, 0.1) is 6.92 Å². The first-order valence-corrected chi connectivity index (χ1v) is 10.9. The predicted octanol–water partition coefficient (Wildman–Crippen LogP) is 5.60. The smallest absolute Gasteiger partial charge is 0.349 e. The quantitative estimate of drug-likeness (QED) is 0.379. The van der Waals surface area contributed by atoms with Crippen LogP contribution in [0.4, 0.5) is 0 Å². The molecule has 1 N–H and O–H groups in total.